The molecular weight excluding hydrogens is 278 g/mol. The molecule has 1 heterocycles. The van der Waals surface area contributed by atoms with Crippen molar-refractivity contribution in [3.8, 4) is 0 Å². The van der Waals surface area contributed by atoms with Gasteiger partial charge in [0.15, 0.2) is 4.34 Å². The Bertz CT molecular complexity index is 391. The molecule has 0 spiro atoms. The summed E-state index contributed by atoms with van der Waals surface area (Å²) in [6.07, 6.45) is 9.13. The Morgan fingerprint density at radius 1 is 1.21 bits per heavy atom. The van der Waals surface area contributed by atoms with Gasteiger partial charge in [-0.25, -0.2) is 9.78 Å². The molecule has 108 valence electrons. The molecule has 0 radical (unpaired) electrons. The molecule has 0 amide bonds. The fourth-order valence-electron chi connectivity index (χ4n) is 1.85. The number of aromatic carboxylic acids is 1. The van der Waals surface area contributed by atoms with E-state index in [0.717, 1.165) is 10.1 Å². The van der Waals surface area contributed by atoms with Gasteiger partial charge < -0.3 is 5.11 Å². The smallest absolute Gasteiger partial charge is 0.347 e. The monoisotopic (exact) mass is 301 g/mol. The van der Waals surface area contributed by atoms with Crippen LogP contribution >= 0.6 is 23.1 Å². The van der Waals surface area contributed by atoms with E-state index in [9.17, 15) is 4.79 Å². The number of rotatable bonds is 10. The van der Waals surface area contributed by atoms with Crippen LogP contribution in [0.25, 0.3) is 0 Å². The highest BCUT2D eigenvalue weighted by atomic mass is 32.2. The highest BCUT2D eigenvalue weighted by Gasteiger charge is 2.13. The minimum atomic E-state index is -0.863. The normalized spacial score (nSPS) is 10.8. The van der Waals surface area contributed by atoms with Gasteiger partial charge in [-0.3, -0.25) is 0 Å². The number of nitrogens with zero attached hydrogens (tertiary/aromatic N) is 1. The van der Waals surface area contributed by atoms with Gasteiger partial charge in [0.1, 0.15) is 4.88 Å². The van der Waals surface area contributed by atoms with E-state index >= 15 is 0 Å². The Balaban J connectivity index is 2.12. The summed E-state index contributed by atoms with van der Waals surface area (Å²) in [5.74, 6) is 0.178. The second kappa shape index (κ2) is 9.37. The second-order valence-electron chi connectivity index (χ2n) is 4.67. The number of unbranched alkanes of at least 4 members (excludes halogenated alkanes) is 6. The maximum Gasteiger partial charge on any atom is 0.347 e. The van der Waals surface area contributed by atoms with Gasteiger partial charge in [0.05, 0.1) is 5.69 Å². The van der Waals surface area contributed by atoms with E-state index in [1.807, 2.05) is 0 Å². The molecule has 0 atom stereocenters. The zero-order valence-electron chi connectivity index (χ0n) is 11.8. The van der Waals surface area contributed by atoms with Crippen molar-refractivity contribution in [3.63, 3.8) is 0 Å². The maximum atomic E-state index is 10.9. The lowest BCUT2D eigenvalue weighted by Gasteiger charge is -2.00. The van der Waals surface area contributed by atoms with Crippen LogP contribution in [0.3, 0.4) is 0 Å². The second-order valence-corrected chi connectivity index (χ2v) is 7.01. The summed E-state index contributed by atoms with van der Waals surface area (Å²) in [7, 11) is 0. The number of carboxylic acid groups (broad SMARTS) is 1. The lowest BCUT2D eigenvalue weighted by Crippen LogP contribution is -1.94. The Kier molecular flexibility index (Phi) is 8.14. The standard InChI is InChI=1S/C14H23NO2S2/c1-3-4-5-6-7-8-9-10-18-14-15-11(2)12(19-14)13(16)17/h3-10H2,1-2H3,(H,16,17). The highest BCUT2D eigenvalue weighted by molar-refractivity contribution is 8.01. The fraction of sp³-hybridized carbons (Fsp3) is 0.714. The van der Waals surface area contributed by atoms with Crippen LogP contribution in [0.1, 0.15) is 67.2 Å². The summed E-state index contributed by atoms with van der Waals surface area (Å²) in [5, 5.41) is 8.95. The van der Waals surface area contributed by atoms with Gasteiger partial charge in [0.2, 0.25) is 0 Å². The Morgan fingerprint density at radius 3 is 2.42 bits per heavy atom. The van der Waals surface area contributed by atoms with Gasteiger partial charge in [-0.2, -0.15) is 0 Å². The zero-order chi connectivity index (χ0) is 14.1. The Hall–Kier alpha value is -0.550. The van der Waals surface area contributed by atoms with E-state index in [0.29, 0.717) is 10.6 Å². The van der Waals surface area contributed by atoms with Crippen molar-refractivity contribution in [1.82, 2.24) is 4.98 Å². The minimum Gasteiger partial charge on any atom is -0.477 e. The third-order valence-corrected chi connectivity index (χ3v) is 5.32. The molecule has 0 aliphatic carbocycles. The van der Waals surface area contributed by atoms with Crippen molar-refractivity contribution in [2.75, 3.05) is 5.75 Å². The van der Waals surface area contributed by atoms with Crippen LogP contribution in [-0.4, -0.2) is 21.8 Å². The van der Waals surface area contributed by atoms with Crippen LogP contribution in [0.5, 0.6) is 0 Å². The number of carbonyl (C=O) groups is 1. The number of thioether (sulfide) groups is 1. The van der Waals surface area contributed by atoms with Crippen LogP contribution in [0.4, 0.5) is 0 Å². The number of hydrogen-bond donors (Lipinski definition) is 1. The van der Waals surface area contributed by atoms with Gasteiger partial charge >= 0.3 is 5.97 Å². The third-order valence-electron chi connectivity index (χ3n) is 2.94. The summed E-state index contributed by atoms with van der Waals surface area (Å²) in [6, 6.07) is 0. The topological polar surface area (TPSA) is 50.2 Å². The molecule has 0 aromatic carbocycles. The minimum absolute atomic E-state index is 0.377. The molecule has 3 nitrogen and oxygen atoms in total. The largest absolute Gasteiger partial charge is 0.477 e. The average molecular weight is 301 g/mol. The molecule has 0 unspecified atom stereocenters. The molecule has 0 aliphatic heterocycles. The molecule has 1 aromatic heterocycles. The van der Waals surface area contributed by atoms with Crippen molar-refractivity contribution in [2.45, 2.75) is 63.1 Å². The van der Waals surface area contributed by atoms with E-state index in [1.54, 1.807) is 18.7 Å². The SMILES string of the molecule is CCCCCCCCCSc1nc(C)c(C(=O)O)s1. The lowest BCUT2D eigenvalue weighted by atomic mass is 10.1. The van der Waals surface area contributed by atoms with Gasteiger partial charge in [-0.05, 0) is 13.3 Å². The molecule has 5 heteroatoms. The van der Waals surface area contributed by atoms with Crippen molar-refractivity contribution >= 4 is 29.1 Å². The number of aryl methyl sites for hydroxylation is 1. The summed E-state index contributed by atoms with van der Waals surface area (Å²) < 4.78 is 0.890. The maximum absolute atomic E-state index is 10.9. The molecule has 0 saturated heterocycles. The molecule has 1 N–H and O–H groups in total. The van der Waals surface area contributed by atoms with E-state index in [2.05, 4.69) is 11.9 Å². The highest BCUT2D eigenvalue weighted by Crippen LogP contribution is 2.28. The number of hydrogen-bond acceptors (Lipinski definition) is 4. The average Bonchev–Trinajstić information content (AvgIpc) is 2.74. The first-order valence-corrected chi connectivity index (χ1v) is 8.79. The summed E-state index contributed by atoms with van der Waals surface area (Å²) in [4.78, 5) is 15.6. The van der Waals surface area contributed by atoms with E-state index in [-0.39, 0.29) is 0 Å². The summed E-state index contributed by atoms with van der Waals surface area (Å²) in [5.41, 5.74) is 0.638. The fourth-order valence-corrected chi connectivity index (χ4v) is 3.95. The van der Waals surface area contributed by atoms with Crippen LogP contribution in [0, 0.1) is 6.92 Å². The first kappa shape index (κ1) is 16.5. The van der Waals surface area contributed by atoms with Crippen molar-refractivity contribution < 1.29 is 9.90 Å². The van der Waals surface area contributed by atoms with Gasteiger partial charge in [-0.1, -0.05) is 57.2 Å². The van der Waals surface area contributed by atoms with Gasteiger partial charge in [-0.15, -0.1) is 11.3 Å². The Labute approximate surface area is 123 Å². The first-order chi connectivity index (χ1) is 9.15. The molecule has 19 heavy (non-hydrogen) atoms. The van der Waals surface area contributed by atoms with Crippen molar-refractivity contribution in [2.24, 2.45) is 0 Å². The third kappa shape index (κ3) is 6.43. The number of aromatic nitrogens is 1. The quantitative estimate of drug-likeness (QED) is 0.488. The molecular formula is C14H23NO2S2. The molecule has 0 fully saturated rings. The van der Waals surface area contributed by atoms with Crippen LogP contribution < -0.4 is 0 Å². The molecule has 1 rings (SSSR count). The molecule has 0 saturated carbocycles. The van der Waals surface area contributed by atoms with Gasteiger partial charge in [0, 0.05) is 5.75 Å². The van der Waals surface area contributed by atoms with Crippen LogP contribution in [0.2, 0.25) is 0 Å². The predicted molar refractivity (Wildman–Crippen MR) is 82.5 cm³/mol. The van der Waals surface area contributed by atoms with Crippen LogP contribution in [0.15, 0.2) is 4.34 Å². The zero-order valence-corrected chi connectivity index (χ0v) is 13.4. The first-order valence-electron chi connectivity index (χ1n) is 6.98. The molecule has 0 bridgehead atoms. The summed E-state index contributed by atoms with van der Waals surface area (Å²) in [6.45, 7) is 4.00. The van der Waals surface area contributed by atoms with Crippen molar-refractivity contribution in [3.05, 3.63) is 10.6 Å². The summed E-state index contributed by atoms with van der Waals surface area (Å²) >= 11 is 2.98. The van der Waals surface area contributed by atoms with Crippen molar-refractivity contribution in [1.29, 1.82) is 0 Å². The van der Waals surface area contributed by atoms with Gasteiger partial charge in [0.25, 0.3) is 0 Å². The molecule has 1 aromatic rings. The Morgan fingerprint density at radius 2 is 1.84 bits per heavy atom. The lowest BCUT2D eigenvalue weighted by molar-refractivity contribution is 0.0701. The predicted octanol–water partition coefficient (Wildman–Crippen LogP) is 4.99. The number of carboxylic acids is 1. The van der Waals surface area contributed by atoms with E-state index < -0.39 is 5.97 Å². The number of thiazole rings is 1. The van der Waals surface area contributed by atoms with Crippen LogP contribution in [-0.2, 0) is 0 Å². The van der Waals surface area contributed by atoms with E-state index in [4.69, 9.17) is 5.11 Å². The van der Waals surface area contributed by atoms with E-state index in [1.165, 1.54) is 56.3 Å². The molecule has 0 aliphatic rings.